The summed E-state index contributed by atoms with van der Waals surface area (Å²) in [5.74, 6) is 1.01. The van der Waals surface area contributed by atoms with Gasteiger partial charge < -0.3 is 10.1 Å². The Kier molecular flexibility index (Phi) is 9.93. The first-order valence-electron chi connectivity index (χ1n) is 8.83. The van der Waals surface area contributed by atoms with Gasteiger partial charge >= 0.3 is 0 Å². The van der Waals surface area contributed by atoms with E-state index in [1.54, 1.807) is 7.11 Å². The summed E-state index contributed by atoms with van der Waals surface area (Å²) in [5.41, 5.74) is 2.59. The van der Waals surface area contributed by atoms with Gasteiger partial charge in [-0.05, 0) is 50.5 Å². The summed E-state index contributed by atoms with van der Waals surface area (Å²) in [6, 6.07) is 6.66. The van der Waals surface area contributed by atoms with E-state index in [1.165, 1.54) is 36.8 Å². The Morgan fingerprint density at radius 2 is 1.77 bits per heavy atom. The van der Waals surface area contributed by atoms with E-state index in [9.17, 15) is 0 Å². The van der Waals surface area contributed by atoms with Gasteiger partial charge in [0, 0.05) is 18.7 Å². The third-order valence-electron chi connectivity index (χ3n) is 3.86. The van der Waals surface area contributed by atoms with Crippen LogP contribution in [0.15, 0.2) is 18.2 Å². The molecule has 0 bridgehead atoms. The number of unbranched alkanes of at least 4 members (excludes halogenated alkanes) is 1. The van der Waals surface area contributed by atoms with Crippen LogP contribution in [0.25, 0.3) is 0 Å². The maximum Gasteiger partial charge on any atom is 0.123 e. The van der Waals surface area contributed by atoms with Crippen LogP contribution < -0.4 is 10.1 Å². The minimum Gasteiger partial charge on any atom is -0.496 e. The fraction of sp³-hybridized carbons (Fsp3) is 0.684. The fourth-order valence-electron chi connectivity index (χ4n) is 2.72. The Hall–Kier alpha value is -1.06. The Bertz CT molecular complexity index is 400. The molecule has 1 aromatic carbocycles. The lowest BCUT2D eigenvalue weighted by Crippen LogP contribution is -2.25. The summed E-state index contributed by atoms with van der Waals surface area (Å²) >= 11 is 0. The number of hydrogen-bond acceptors (Lipinski definition) is 3. The van der Waals surface area contributed by atoms with Crippen molar-refractivity contribution in [2.45, 2.75) is 59.5 Å². The Balaban J connectivity index is 2.65. The van der Waals surface area contributed by atoms with Gasteiger partial charge in [0.15, 0.2) is 0 Å². The number of hydrogen-bond donors (Lipinski definition) is 1. The zero-order valence-corrected chi connectivity index (χ0v) is 15.0. The van der Waals surface area contributed by atoms with Crippen molar-refractivity contribution in [2.24, 2.45) is 0 Å². The number of ether oxygens (including phenoxy) is 1. The molecular weight excluding hydrogens is 272 g/mol. The molecule has 1 aromatic rings. The lowest BCUT2D eigenvalue weighted by molar-refractivity contribution is 0.266. The van der Waals surface area contributed by atoms with Crippen molar-refractivity contribution in [3.8, 4) is 5.75 Å². The molecule has 1 N–H and O–H groups in total. The van der Waals surface area contributed by atoms with E-state index in [1.807, 2.05) is 0 Å². The van der Waals surface area contributed by atoms with Gasteiger partial charge in [0.05, 0.1) is 7.11 Å². The highest BCUT2D eigenvalue weighted by molar-refractivity contribution is 5.37. The van der Waals surface area contributed by atoms with Gasteiger partial charge in [0.2, 0.25) is 0 Å². The largest absolute Gasteiger partial charge is 0.496 e. The average molecular weight is 306 g/mol. The van der Waals surface area contributed by atoms with E-state index in [-0.39, 0.29) is 0 Å². The highest BCUT2D eigenvalue weighted by atomic mass is 16.5. The fourth-order valence-corrected chi connectivity index (χ4v) is 2.72. The number of nitrogens with zero attached hydrogens (tertiary/aromatic N) is 1. The zero-order chi connectivity index (χ0) is 16.2. The molecule has 1 rings (SSSR count). The molecule has 22 heavy (non-hydrogen) atoms. The van der Waals surface area contributed by atoms with Crippen LogP contribution >= 0.6 is 0 Å². The van der Waals surface area contributed by atoms with Crippen molar-refractivity contribution in [1.29, 1.82) is 0 Å². The molecule has 0 fully saturated rings. The quantitative estimate of drug-likeness (QED) is 0.586. The maximum atomic E-state index is 5.59. The summed E-state index contributed by atoms with van der Waals surface area (Å²) in [6.07, 6.45) is 4.87. The van der Waals surface area contributed by atoms with E-state index in [0.717, 1.165) is 38.5 Å². The molecule has 0 unspecified atom stereocenters. The van der Waals surface area contributed by atoms with E-state index in [4.69, 9.17) is 4.74 Å². The van der Waals surface area contributed by atoms with Gasteiger partial charge in [-0.2, -0.15) is 0 Å². The van der Waals surface area contributed by atoms with Crippen molar-refractivity contribution >= 4 is 0 Å². The van der Waals surface area contributed by atoms with E-state index >= 15 is 0 Å². The third-order valence-corrected chi connectivity index (χ3v) is 3.86. The molecule has 0 saturated heterocycles. The molecule has 0 radical (unpaired) electrons. The molecule has 0 aliphatic heterocycles. The molecule has 0 atom stereocenters. The normalized spacial score (nSPS) is 11.1. The van der Waals surface area contributed by atoms with E-state index < -0.39 is 0 Å². The SMILES string of the molecule is CCCCNCc1ccc(CN(CCC)CCC)cc1OC. The van der Waals surface area contributed by atoms with Crippen LogP contribution in [0, 0.1) is 0 Å². The van der Waals surface area contributed by atoms with Crippen molar-refractivity contribution in [2.75, 3.05) is 26.7 Å². The second-order valence-corrected chi connectivity index (χ2v) is 5.95. The number of nitrogens with one attached hydrogen (secondary N) is 1. The number of benzene rings is 1. The van der Waals surface area contributed by atoms with Crippen molar-refractivity contribution in [1.82, 2.24) is 10.2 Å². The van der Waals surface area contributed by atoms with Gasteiger partial charge in [0.25, 0.3) is 0 Å². The molecule has 0 amide bonds. The molecule has 0 aliphatic carbocycles. The summed E-state index contributed by atoms with van der Waals surface area (Å²) in [4.78, 5) is 2.52. The van der Waals surface area contributed by atoms with Gasteiger partial charge in [-0.25, -0.2) is 0 Å². The predicted octanol–water partition coefficient (Wildman–Crippen LogP) is 4.21. The minimum atomic E-state index is 0.886. The molecule has 0 heterocycles. The third kappa shape index (κ3) is 6.80. The van der Waals surface area contributed by atoms with Crippen LogP contribution in [0.2, 0.25) is 0 Å². The Morgan fingerprint density at radius 1 is 1.05 bits per heavy atom. The van der Waals surface area contributed by atoms with Gasteiger partial charge in [0.1, 0.15) is 5.75 Å². The molecule has 0 aromatic heterocycles. The lowest BCUT2D eigenvalue weighted by Gasteiger charge is -2.21. The van der Waals surface area contributed by atoms with Gasteiger partial charge in [-0.3, -0.25) is 4.90 Å². The van der Waals surface area contributed by atoms with Crippen molar-refractivity contribution in [3.63, 3.8) is 0 Å². The van der Waals surface area contributed by atoms with Crippen molar-refractivity contribution < 1.29 is 4.74 Å². The summed E-state index contributed by atoms with van der Waals surface area (Å²) < 4.78 is 5.59. The zero-order valence-electron chi connectivity index (χ0n) is 15.0. The van der Waals surface area contributed by atoms with Gasteiger partial charge in [-0.15, -0.1) is 0 Å². The van der Waals surface area contributed by atoms with Crippen LogP contribution in [-0.2, 0) is 13.1 Å². The highest BCUT2D eigenvalue weighted by Crippen LogP contribution is 2.21. The van der Waals surface area contributed by atoms with Crippen LogP contribution in [-0.4, -0.2) is 31.6 Å². The molecule has 0 spiro atoms. The molecule has 3 heteroatoms. The monoisotopic (exact) mass is 306 g/mol. The second-order valence-electron chi connectivity index (χ2n) is 5.95. The predicted molar refractivity (Wildman–Crippen MR) is 95.5 cm³/mol. The molecule has 0 aliphatic rings. The first-order valence-corrected chi connectivity index (χ1v) is 8.83. The van der Waals surface area contributed by atoms with Gasteiger partial charge in [-0.1, -0.05) is 39.3 Å². The molecule has 126 valence electrons. The van der Waals surface area contributed by atoms with Crippen molar-refractivity contribution in [3.05, 3.63) is 29.3 Å². The molecular formula is C19H34N2O. The average Bonchev–Trinajstić information content (AvgIpc) is 2.53. The van der Waals surface area contributed by atoms with Crippen LogP contribution in [0.5, 0.6) is 5.75 Å². The summed E-state index contributed by atoms with van der Waals surface area (Å²) in [7, 11) is 1.77. The smallest absolute Gasteiger partial charge is 0.123 e. The topological polar surface area (TPSA) is 24.5 Å². The Labute approximate surface area is 137 Å². The highest BCUT2D eigenvalue weighted by Gasteiger charge is 2.08. The van der Waals surface area contributed by atoms with E-state index in [2.05, 4.69) is 49.2 Å². The van der Waals surface area contributed by atoms with Crippen LogP contribution in [0.3, 0.4) is 0 Å². The maximum absolute atomic E-state index is 5.59. The standard InChI is InChI=1S/C19H34N2O/c1-5-8-11-20-15-18-10-9-17(14-19(18)22-4)16-21(12-6-2)13-7-3/h9-10,14,20H,5-8,11-13,15-16H2,1-4H3. The summed E-state index contributed by atoms with van der Waals surface area (Å²) in [5, 5.41) is 3.49. The molecule has 3 nitrogen and oxygen atoms in total. The van der Waals surface area contributed by atoms with Crippen LogP contribution in [0.4, 0.5) is 0 Å². The van der Waals surface area contributed by atoms with E-state index in [0.29, 0.717) is 0 Å². The first kappa shape index (κ1) is 19.0. The number of methoxy groups -OCH3 is 1. The minimum absolute atomic E-state index is 0.886. The first-order chi connectivity index (χ1) is 10.7. The Morgan fingerprint density at radius 3 is 2.36 bits per heavy atom. The second kappa shape index (κ2) is 11.5. The summed E-state index contributed by atoms with van der Waals surface area (Å²) in [6.45, 7) is 12.0. The number of rotatable bonds is 12. The lowest BCUT2D eigenvalue weighted by atomic mass is 10.1. The van der Waals surface area contributed by atoms with Crippen LogP contribution in [0.1, 0.15) is 57.6 Å². The molecule has 0 saturated carbocycles.